The van der Waals surface area contributed by atoms with Crippen molar-refractivity contribution in [2.75, 3.05) is 18.1 Å². The van der Waals surface area contributed by atoms with Gasteiger partial charge in [0.05, 0.1) is 12.2 Å². The third-order valence-electron chi connectivity index (χ3n) is 5.56. The fourth-order valence-corrected chi connectivity index (χ4v) is 4.35. The molecular weight excluding hydrogens is 418 g/mol. The zero-order valence-corrected chi connectivity index (χ0v) is 18.7. The summed E-state index contributed by atoms with van der Waals surface area (Å²) >= 11 is 3.59. The van der Waals surface area contributed by atoms with Gasteiger partial charge in [-0.1, -0.05) is 56.0 Å². The second kappa shape index (κ2) is 8.24. The van der Waals surface area contributed by atoms with Gasteiger partial charge in [-0.15, -0.1) is 0 Å². The maximum atomic E-state index is 12.2. The molecule has 0 saturated heterocycles. The second-order valence-corrected chi connectivity index (χ2v) is 8.78. The Balaban J connectivity index is 2.05. The summed E-state index contributed by atoms with van der Waals surface area (Å²) in [4.78, 5) is 26.4. The van der Waals surface area contributed by atoms with Crippen LogP contribution >= 0.6 is 15.9 Å². The Hall–Kier alpha value is -1.88. The summed E-state index contributed by atoms with van der Waals surface area (Å²) in [5.41, 5.74) is 2.61. The Morgan fingerprint density at radius 3 is 2.54 bits per heavy atom. The van der Waals surface area contributed by atoms with Gasteiger partial charge < -0.3 is 9.64 Å². The number of nitrogens with zero attached hydrogens (tertiary/aromatic N) is 1. The van der Waals surface area contributed by atoms with E-state index in [2.05, 4.69) is 59.8 Å². The third kappa shape index (κ3) is 3.57. The highest BCUT2D eigenvalue weighted by atomic mass is 79.9. The van der Waals surface area contributed by atoms with Crippen molar-refractivity contribution in [2.45, 2.75) is 58.8 Å². The molecule has 1 heterocycles. The first-order chi connectivity index (χ1) is 13.3. The molecule has 2 aromatic carbocycles. The lowest BCUT2D eigenvalue weighted by Crippen LogP contribution is -2.36. The number of allylic oxidation sites excluding steroid dienone is 1. The maximum absolute atomic E-state index is 12.2. The molecule has 0 saturated carbocycles. The van der Waals surface area contributed by atoms with Crippen LogP contribution in [0.15, 0.2) is 38.0 Å². The fraction of sp³-hybridized carbons (Fsp3) is 0.478. The SMILES string of the molecule is CCCCCCN1C(=Cc2c(OCC)c(=O)c2=O)C(C)(C)c2cc(Br)ccc21. The van der Waals surface area contributed by atoms with Crippen LogP contribution in [0.3, 0.4) is 0 Å². The number of fused-ring (bicyclic) bond motifs is 1. The predicted octanol–water partition coefficient (Wildman–Crippen LogP) is 5.16. The first-order valence-corrected chi connectivity index (χ1v) is 10.9. The molecule has 1 aliphatic rings. The smallest absolute Gasteiger partial charge is 0.268 e. The molecule has 0 aromatic heterocycles. The molecule has 0 radical (unpaired) electrons. The zero-order valence-electron chi connectivity index (χ0n) is 17.1. The van der Waals surface area contributed by atoms with Crippen molar-refractivity contribution in [3.05, 3.63) is 59.9 Å². The van der Waals surface area contributed by atoms with E-state index in [0.717, 1.165) is 23.1 Å². The number of unbranched alkanes of at least 4 members (excludes halogenated alkanes) is 3. The van der Waals surface area contributed by atoms with Crippen molar-refractivity contribution < 1.29 is 4.74 Å². The van der Waals surface area contributed by atoms with Crippen LogP contribution in [0, 0.1) is 0 Å². The summed E-state index contributed by atoms with van der Waals surface area (Å²) in [6.45, 7) is 9.63. The number of anilines is 1. The summed E-state index contributed by atoms with van der Waals surface area (Å²) < 4.78 is 6.47. The number of hydrogen-bond acceptors (Lipinski definition) is 4. The molecule has 0 fully saturated rings. The average molecular weight is 446 g/mol. The summed E-state index contributed by atoms with van der Waals surface area (Å²) in [5, 5.41) is 0. The number of halogens is 1. The maximum Gasteiger partial charge on any atom is 0.268 e. The van der Waals surface area contributed by atoms with Crippen LogP contribution in [0.1, 0.15) is 64.5 Å². The van der Waals surface area contributed by atoms with Crippen molar-refractivity contribution in [3.8, 4) is 5.75 Å². The van der Waals surface area contributed by atoms with Gasteiger partial charge in [0.25, 0.3) is 5.43 Å². The van der Waals surface area contributed by atoms with Crippen molar-refractivity contribution in [1.82, 2.24) is 0 Å². The minimum atomic E-state index is -0.515. The topological polar surface area (TPSA) is 46.6 Å². The van der Waals surface area contributed by atoms with E-state index in [1.165, 1.54) is 30.5 Å². The van der Waals surface area contributed by atoms with Gasteiger partial charge >= 0.3 is 0 Å². The Labute approximate surface area is 175 Å². The van der Waals surface area contributed by atoms with Gasteiger partial charge in [0.2, 0.25) is 5.43 Å². The molecule has 5 heteroatoms. The van der Waals surface area contributed by atoms with Crippen molar-refractivity contribution >= 4 is 27.7 Å². The van der Waals surface area contributed by atoms with Gasteiger partial charge in [-0.25, -0.2) is 0 Å². The molecule has 0 atom stereocenters. The van der Waals surface area contributed by atoms with Crippen molar-refractivity contribution in [2.24, 2.45) is 0 Å². The predicted molar refractivity (Wildman–Crippen MR) is 119 cm³/mol. The highest BCUT2D eigenvalue weighted by Crippen LogP contribution is 2.49. The third-order valence-corrected chi connectivity index (χ3v) is 6.05. The van der Waals surface area contributed by atoms with E-state index in [1.54, 1.807) is 0 Å². The quantitative estimate of drug-likeness (QED) is 0.415. The standard InChI is InChI=1S/C23H28BrNO3/c1-5-7-8-9-12-25-18-11-10-15(24)13-17(18)23(3,4)19(25)14-16-20(26)21(27)22(16)28-6-2/h10-11,13-14H,5-9,12H2,1-4H3. The Morgan fingerprint density at radius 1 is 1.11 bits per heavy atom. The van der Waals surface area contributed by atoms with Crippen LogP contribution in [-0.2, 0) is 5.41 Å². The van der Waals surface area contributed by atoms with Crippen LogP contribution in [0.25, 0.3) is 6.08 Å². The van der Waals surface area contributed by atoms with Gasteiger partial charge in [-0.3, -0.25) is 9.59 Å². The summed E-state index contributed by atoms with van der Waals surface area (Å²) in [5.74, 6) is 0.207. The molecule has 0 amide bonds. The van der Waals surface area contributed by atoms with E-state index in [4.69, 9.17) is 4.74 Å². The monoisotopic (exact) mass is 445 g/mol. The largest absolute Gasteiger partial charge is 0.489 e. The lowest BCUT2D eigenvalue weighted by atomic mass is 9.83. The molecule has 28 heavy (non-hydrogen) atoms. The second-order valence-electron chi connectivity index (χ2n) is 7.86. The molecule has 0 unspecified atom stereocenters. The van der Waals surface area contributed by atoms with Gasteiger partial charge in [-0.2, -0.15) is 0 Å². The van der Waals surface area contributed by atoms with Gasteiger partial charge in [0, 0.05) is 27.8 Å². The minimum absolute atomic E-state index is 0.207. The molecule has 0 bridgehead atoms. The molecule has 3 rings (SSSR count). The molecule has 0 spiro atoms. The molecule has 2 aromatic rings. The van der Waals surface area contributed by atoms with E-state index < -0.39 is 10.9 Å². The highest BCUT2D eigenvalue weighted by molar-refractivity contribution is 9.10. The van der Waals surface area contributed by atoms with Crippen LogP contribution < -0.4 is 20.5 Å². The molecule has 150 valence electrons. The van der Waals surface area contributed by atoms with Crippen molar-refractivity contribution in [3.63, 3.8) is 0 Å². The van der Waals surface area contributed by atoms with Crippen LogP contribution in [0.4, 0.5) is 5.69 Å². The average Bonchev–Trinajstić information content (AvgIpc) is 2.88. The first kappa shape index (κ1) is 20.8. The summed E-state index contributed by atoms with van der Waals surface area (Å²) in [6.07, 6.45) is 6.55. The first-order valence-electron chi connectivity index (χ1n) is 10.1. The molecular formula is C23H28BrNO3. The molecule has 0 N–H and O–H groups in total. The van der Waals surface area contributed by atoms with E-state index >= 15 is 0 Å². The minimum Gasteiger partial charge on any atom is -0.489 e. The normalized spacial score (nSPS) is 16.8. The van der Waals surface area contributed by atoms with Crippen molar-refractivity contribution in [1.29, 1.82) is 0 Å². The van der Waals surface area contributed by atoms with E-state index in [1.807, 2.05) is 13.0 Å². The Kier molecular flexibility index (Phi) is 6.13. The Morgan fingerprint density at radius 2 is 1.86 bits per heavy atom. The molecule has 4 nitrogen and oxygen atoms in total. The zero-order chi connectivity index (χ0) is 20.5. The number of ether oxygens (including phenoxy) is 1. The summed E-state index contributed by atoms with van der Waals surface area (Å²) in [6, 6.07) is 6.34. The van der Waals surface area contributed by atoms with Gasteiger partial charge in [-0.05, 0) is 43.2 Å². The highest BCUT2D eigenvalue weighted by Gasteiger charge is 2.40. The lowest BCUT2D eigenvalue weighted by molar-refractivity contribution is 0.332. The van der Waals surface area contributed by atoms with E-state index in [9.17, 15) is 9.59 Å². The number of rotatable bonds is 8. The van der Waals surface area contributed by atoms with E-state index in [0.29, 0.717) is 12.2 Å². The molecule has 1 aliphatic heterocycles. The fourth-order valence-electron chi connectivity index (χ4n) is 3.99. The van der Waals surface area contributed by atoms with Crippen LogP contribution in [0.5, 0.6) is 5.75 Å². The summed E-state index contributed by atoms with van der Waals surface area (Å²) in [7, 11) is 0. The number of hydrogen-bond donors (Lipinski definition) is 0. The lowest BCUT2D eigenvalue weighted by Gasteiger charge is -2.28. The van der Waals surface area contributed by atoms with Crippen LogP contribution in [0.2, 0.25) is 0 Å². The van der Waals surface area contributed by atoms with E-state index in [-0.39, 0.29) is 11.2 Å². The Bertz CT molecular complexity index is 967. The van der Waals surface area contributed by atoms with Gasteiger partial charge in [0.15, 0.2) is 5.75 Å². The van der Waals surface area contributed by atoms with Crippen LogP contribution in [-0.4, -0.2) is 13.2 Å². The van der Waals surface area contributed by atoms with Gasteiger partial charge in [0.1, 0.15) is 0 Å². The number of benzene rings is 1. The molecule has 0 aliphatic carbocycles.